The second-order valence-corrected chi connectivity index (χ2v) is 6.15. The van der Waals surface area contributed by atoms with Gasteiger partial charge in [0.2, 0.25) is 0 Å². The minimum Gasteiger partial charge on any atom is -0.309 e. The van der Waals surface area contributed by atoms with E-state index in [9.17, 15) is 0 Å². The van der Waals surface area contributed by atoms with Gasteiger partial charge in [0.05, 0.1) is 0 Å². The van der Waals surface area contributed by atoms with Crippen molar-refractivity contribution in [2.45, 2.75) is 32.0 Å². The lowest BCUT2D eigenvalue weighted by atomic mass is 10.0. The lowest BCUT2D eigenvalue weighted by Crippen LogP contribution is -2.33. The van der Waals surface area contributed by atoms with Gasteiger partial charge in [0.25, 0.3) is 0 Å². The van der Waals surface area contributed by atoms with E-state index in [2.05, 4.69) is 59.3 Å². The second-order valence-electron chi connectivity index (χ2n) is 5.15. The van der Waals surface area contributed by atoms with Crippen LogP contribution in [0.25, 0.3) is 0 Å². The van der Waals surface area contributed by atoms with Crippen LogP contribution in [0.1, 0.15) is 28.5 Å². The van der Waals surface area contributed by atoms with Crippen molar-refractivity contribution in [1.29, 1.82) is 0 Å². The molecule has 1 aliphatic heterocycles. The van der Waals surface area contributed by atoms with Gasteiger partial charge in [0, 0.05) is 23.5 Å². The van der Waals surface area contributed by atoms with Gasteiger partial charge in [-0.1, -0.05) is 30.3 Å². The smallest absolute Gasteiger partial charge is 0.0476 e. The molecule has 0 bridgehead atoms. The molecular weight excluding hydrogens is 252 g/mol. The van der Waals surface area contributed by atoms with Gasteiger partial charge in [-0.3, -0.25) is 0 Å². The molecule has 2 atom stereocenters. The molecule has 0 radical (unpaired) electrons. The lowest BCUT2D eigenvalue weighted by Gasteiger charge is -2.21. The Balaban J connectivity index is 1.66. The number of hydrogen-bond donors (Lipinski definition) is 2. The third kappa shape index (κ3) is 2.89. The summed E-state index contributed by atoms with van der Waals surface area (Å²) < 4.78 is 0. The van der Waals surface area contributed by atoms with E-state index in [1.54, 1.807) is 0 Å². The van der Waals surface area contributed by atoms with E-state index < -0.39 is 0 Å². The number of benzene rings is 1. The highest BCUT2D eigenvalue weighted by atomic mass is 32.1. The van der Waals surface area contributed by atoms with Crippen LogP contribution in [-0.2, 0) is 6.54 Å². The highest BCUT2D eigenvalue weighted by molar-refractivity contribution is 7.10. The molecule has 3 heteroatoms. The van der Waals surface area contributed by atoms with Gasteiger partial charge in [-0.15, -0.1) is 11.3 Å². The third-order valence-corrected chi connectivity index (χ3v) is 4.90. The highest BCUT2D eigenvalue weighted by Crippen LogP contribution is 2.24. The average molecular weight is 272 g/mol. The molecule has 3 rings (SSSR count). The van der Waals surface area contributed by atoms with Crippen LogP contribution < -0.4 is 10.6 Å². The third-order valence-electron chi connectivity index (χ3n) is 3.87. The standard InChI is InChI=1S/C16H20N2S/c1-12-8-10-19-15(12)11-18-14-7-9-17-16(14)13-5-3-2-4-6-13/h2-6,8,10,14,16-18H,7,9,11H2,1H3/t14-,16-/m0/s1. The largest absolute Gasteiger partial charge is 0.309 e. The van der Waals surface area contributed by atoms with Crippen molar-refractivity contribution in [3.8, 4) is 0 Å². The molecule has 1 aromatic heterocycles. The SMILES string of the molecule is Cc1ccsc1CN[C@H]1CCN[C@H]1c1ccccc1. The summed E-state index contributed by atoms with van der Waals surface area (Å²) in [5.41, 5.74) is 2.79. The Labute approximate surface area is 118 Å². The molecule has 0 unspecified atom stereocenters. The summed E-state index contributed by atoms with van der Waals surface area (Å²) in [6.45, 7) is 4.27. The molecule has 0 aliphatic carbocycles. The summed E-state index contributed by atoms with van der Waals surface area (Å²) in [7, 11) is 0. The summed E-state index contributed by atoms with van der Waals surface area (Å²) in [6, 6.07) is 13.9. The van der Waals surface area contributed by atoms with E-state index in [1.807, 2.05) is 11.3 Å². The van der Waals surface area contributed by atoms with Crippen molar-refractivity contribution in [2.24, 2.45) is 0 Å². The van der Waals surface area contributed by atoms with Gasteiger partial charge in [0.15, 0.2) is 0 Å². The predicted molar refractivity (Wildman–Crippen MR) is 81.5 cm³/mol. The quantitative estimate of drug-likeness (QED) is 0.893. The van der Waals surface area contributed by atoms with Gasteiger partial charge < -0.3 is 10.6 Å². The van der Waals surface area contributed by atoms with E-state index >= 15 is 0 Å². The first-order chi connectivity index (χ1) is 9.34. The maximum absolute atomic E-state index is 3.72. The number of hydrogen-bond acceptors (Lipinski definition) is 3. The molecule has 0 saturated carbocycles. The van der Waals surface area contributed by atoms with Gasteiger partial charge in [0.1, 0.15) is 0 Å². The Morgan fingerprint density at radius 3 is 2.84 bits per heavy atom. The van der Waals surface area contributed by atoms with Crippen molar-refractivity contribution in [3.63, 3.8) is 0 Å². The molecule has 1 aliphatic rings. The van der Waals surface area contributed by atoms with Crippen LogP contribution in [-0.4, -0.2) is 12.6 Å². The van der Waals surface area contributed by atoms with E-state index in [0.29, 0.717) is 12.1 Å². The molecule has 0 amide bonds. The van der Waals surface area contributed by atoms with Gasteiger partial charge in [-0.25, -0.2) is 0 Å². The molecule has 100 valence electrons. The minimum atomic E-state index is 0.446. The molecule has 1 aromatic carbocycles. The van der Waals surface area contributed by atoms with E-state index in [0.717, 1.165) is 13.1 Å². The first-order valence-electron chi connectivity index (χ1n) is 6.89. The van der Waals surface area contributed by atoms with Crippen LogP contribution in [0.4, 0.5) is 0 Å². The lowest BCUT2D eigenvalue weighted by molar-refractivity contribution is 0.462. The molecule has 1 fully saturated rings. The summed E-state index contributed by atoms with van der Waals surface area (Å²) in [4.78, 5) is 1.46. The fourth-order valence-electron chi connectivity index (χ4n) is 2.74. The van der Waals surface area contributed by atoms with E-state index in [-0.39, 0.29) is 0 Å². The van der Waals surface area contributed by atoms with Gasteiger partial charge in [-0.05, 0) is 42.5 Å². The first kappa shape index (κ1) is 12.9. The summed E-state index contributed by atoms with van der Waals surface area (Å²) in [6.07, 6.45) is 1.20. The molecule has 2 aromatic rings. The summed E-state index contributed by atoms with van der Waals surface area (Å²) in [5.74, 6) is 0. The zero-order valence-electron chi connectivity index (χ0n) is 11.2. The normalized spacial score (nSPS) is 22.8. The van der Waals surface area contributed by atoms with Crippen LogP contribution >= 0.6 is 11.3 Å². The minimum absolute atomic E-state index is 0.446. The molecule has 2 N–H and O–H groups in total. The fraction of sp³-hybridized carbons (Fsp3) is 0.375. The number of nitrogens with one attached hydrogen (secondary N) is 2. The summed E-state index contributed by atoms with van der Waals surface area (Å²) in [5, 5.41) is 9.50. The topological polar surface area (TPSA) is 24.1 Å². The highest BCUT2D eigenvalue weighted by Gasteiger charge is 2.27. The second kappa shape index (κ2) is 5.87. The van der Waals surface area contributed by atoms with Crippen molar-refractivity contribution >= 4 is 11.3 Å². The number of aryl methyl sites for hydroxylation is 1. The maximum atomic E-state index is 3.72. The number of rotatable bonds is 4. The summed E-state index contributed by atoms with van der Waals surface area (Å²) >= 11 is 1.85. The van der Waals surface area contributed by atoms with Crippen LogP contribution in [0.5, 0.6) is 0 Å². The zero-order valence-corrected chi connectivity index (χ0v) is 12.0. The van der Waals surface area contributed by atoms with Crippen LogP contribution in [0.15, 0.2) is 41.8 Å². The molecular formula is C16H20N2S. The Bertz CT molecular complexity index is 521. The Morgan fingerprint density at radius 2 is 2.11 bits per heavy atom. The van der Waals surface area contributed by atoms with Crippen LogP contribution in [0, 0.1) is 6.92 Å². The Kier molecular flexibility index (Phi) is 3.97. The van der Waals surface area contributed by atoms with E-state index in [4.69, 9.17) is 0 Å². The van der Waals surface area contributed by atoms with Crippen molar-refractivity contribution < 1.29 is 0 Å². The first-order valence-corrected chi connectivity index (χ1v) is 7.77. The van der Waals surface area contributed by atoms with Crippen molar-refractivity contribution in [3.05, 3.63) is 57.8 Å². The van der Waals surface area contributed by atoms with Gasteiger partial charge in [-0.2, -0.15) is 0 Å². The molecule has 0 spiro atoms. The predicted octanol–water partition coefficient (Wildman–Crippen LogP) is 3.25. The molecule has 19 heavy (non-hydrogen) atoms. The molecule has 1 saturated heterocycles. The van der Waals surface area contributed by atoms with Crippen molar-refractivity contribution in [2.75, 3.05) is 6.54 Å². The van der Waals surface area contributed by atoms with Crippen LogP contribution in [0.3, 0.4) is 0 Å². The zero-order chi connectivity index (χ0) is 13.1. The van der Waals surface area contributed by atoms with E-state index in [1.165, 1.54) is 22.4 Å². The average Bonchev–Trinajstić information content (AvgIpc) is 3.06. The molecule has 2 nitrogen and oxygen atoms in total. The Hall–Kier alpha value is -1.16. The van der Waals surface area contributed by atoms with Crippen molar-refractivity contribution in [1.82, 2.24) is 10.6 Å². The molecule has 2 heterocycles. The monoisotopic (exact) mass is 272 g/mol. The Morgan fingerprint density at radius 1 is 1.26 bits per heavy atom. The fourth-order valence-corrected chi connectivity index (χ4v) is 3.60. The van der Waals surface area contributed by atoms with Crippen LogP contribution in [0.2, 0.25) is 0 Å². The number of thiophene rings is 1. The van der Waals surface area contributed by atoms with Gasteiger partial charge >= 0.3 is 0 Å². The maximum Gasteiger partial charge on any atom is 0.0476 e.